The van der Waals surface area contributed by atoms with Gasteiger partial charge in [0.1, 0.15) is 13.2 Å². The molecule has 0 spiro atoms. The van der Waals surface area contributed by atoms with Crippen LogP contribution in [0, 0.1) is 5.92 Å². The number of carboxylic acid groups (broad SMARTS) is 1. The molecule has 7 heteroatoms. The fraction of sp³-hybridized carbons (Fsp3) is 0.500. The molecule has 23 heavy (non-hydrogen) atoms. The predicted molar refractivity (Wildman–Crippen MR) is 80.2 cm³/mol. The second kappa shape index (κ2) is 6.36. The van der Waals surface area contributed by atoms with Crippen LogP contribution in [0.4, 0.5) is 0 Å². The van der Waals surface area contributed by atoms with Crippen molar-refractivity contribution in [1.82, 2.24) is 4.90 Å². The van der Waals surface area contributed by atoms with Gasteiger partial charge in [-0.2, -0.15) is 0 Å². The molecule has 0 saturated carbocycles. The van der Waals surface area contributed by atoms with Crippen LogP contribution in [0.3, 0.4) is 0 Å². The fourth-order valence-corrected chi connectivity index (χ4v) is 2.91. The zero-order valence-corrected chi connectivity index (χ0v) is 12.9. The zero-order chi connectivity index (χ0) is 16.4. The second-order valence-electron chi connectivity index (χ2n) is 5.61. The highest BCUT2D eigenvalue weighted by Crippen LogP contribution is 2.40. The number of amides is 1. The summed E-state index contributed by atoms with van der Waals surface area (Å²) in [6.45, 7) is 1.75. The zero-order valence-electron chi connectivity index (χ0n) is 12.9. The molecule has 0 aromatic heterocycles. The minimum atomic E-state index is -0.793. The van der Waals surface area contributed by atoms with Crippen molar-refractivity contribution in [2.45, 2.75) is 12.8 Å². The molecule has 0 atom stereocenters. The largest absolute Gasteiger partial charge is 0.493 e. The number of hydrogen-bond acceptors (Lipinski definition) is 5. The normalized spacial score (nSPS) is 17.7. The molecule has 1 fully saturated rings. The first-order chi connectivity index (χ1) is 11.1. The fourth-order valence-electron chi connectivity index (χ4n) is 2.91. The molecule has 7 nitrogen and oxygen atoms in total. The van der Waals surface area contributed by atoms with Gasteiger partial charge in [0.15, 0.2) is 11.5 Å². The van der Waals surface area contributed by atoms with Crippen LogP contribution in [-0.4, -0.2) is 55.3 Å². The van der Waals surface area contributed by atoms with Crippen LogP contribution in [0.25, 0.3) is 0 Å². The number of methoxy groups -OCH3 is 1. The number of hydrogen-bond donors (Lipinski definition) is 1. The third-order valence-electron chi connectivity index (χ3n) is 4.21. The van der Waals surface area contributed by atoms with Crippen molar-refractivity contribution in [3.63, 3.8) is 0 Å². The van der Waals surface area contributed by atoms with Crippen LogP contribution in [0.5, 0.6) is 17.2 Å². The lowest BCUT2D eigenvalue weighted by atomic mass is 9.96. The van der Waals surface area contributed by atoms with Crippen molar-refractivity contribution in [3.05, 3.63) is 17.7 Å². The van der Waals surface area contributed by atoms with Gasteiger partial charge in [0, 0.05) is 18.7 Å². The van der Waals surface area contributed by atoms with Crippen molar-refractivity contribution < 1.29 is 28.9 Å². The molecule has 1 amide bonds. The Labute approximate surface area is 133 Å². The minimum absolute atomic E-state index is 0.149. The number of carbonyl (C=O) groups excluding carboxylic acids is 1. The van der Waals surface area contributed by atoms with E-state index in [0.717, 1.165) is 0 Å². The third kappa shape index (κ3) is 3.04. The van der Waals surface area contributed by atoms with Gasteiger partial charge in [-0.25, -0.2) is 0 Å². The molecular formula is C16H19NO6. The first-order valence-corrected chi connectivity index (χ1v) is 7.60. The summed E-state index contributed by atoms with van der Waals surface area (Å²) in [5.74, 6) is 0.168. The highest BCUT2D eigenvalue weighted by molar-refractivity contribution is 5.95. The standard InChI is InChI=1S/C16H19NO6/c1-21-12-8-11(9-13-14(12)23-7-6-22-13)15(18)17-4-2-10(3-5-17)16(19)20/h8-10H,2-7H2,1H3,(H,19,20). The molecule has 0 bridgehead atoms. The lowest BCUT2D eigenvalue weighted by molar-refractivity contribution is -0.143. The van der Waals surface area contributed by atoms with E-state index in [4.69, 9.17) is 19.3 Å². The van der Waals surface area contributed by atoms with Gasteiger partial charge in [0.2, 0.25) is 5.75 Å². The number of ether oxygens (including phenoxy) is 3. The maximum absolute atomic E-state index is 12.7. The maximum atomic E-state index is 12.7. The number of rotatable bonds is 3. The molecule has 1 saturated heterocycles. The van der Waals surface area contributed by atoms with Gasteiger partial charge in [0.05, 0.1) is 13.0 Å². The molecule has 3 rings (SSSR count). The lowest BCUT2D eigenvalue weighted by Gasteiger charge is -2.30. The lowest BCUT2D eigenvalue weighted by Crippen LogP contribution is -2.40. The molecule has 0 unspecified atom stereocenters. The van der Waals surface area contributed by atoms with Gasteiger partial charge in [-0.3, -0.25) is 9.59 Å². The molecule has 1 N–H and O–H groups in total. The summed E-state index contributed by atoms with van der Waals surface area (Å²) in [5, 5.41) is 9.03. The van der Waals surface area contributed by atoms with E-state index in [0.29, 0.717) is 62.0 Å². The van der Waals surface area contributed by atoms with Crippen LogP contribution in [0.1, 0.15) is 23.2 Å². The number of benzene rings is 1. The van der Waals surface area contributed by atoms with E-state index >= 15 is 0 Å². The van der Waals surface area contributed by atoms with E-state index in [-0.39, 0.29) is 11.8 Å². The number of fused-ring (bicyclic) bond motifs is 1. The summed E-state index contributed by atoms with van der Waals surface area (Å²) >= 11 is 0. The van der Waals surface area contributed by atoms with Crippen LogP contribution in [0.15, 0.2) is 12.1 Å². The Hall–Kier alpha value is -2.44. The van der Waals surface area contributed by atoms with E-state index in [1.807, 2.05) is 0 Å². The summed E-state index contributed by atoms with van der Waals surface area (Å²) in [7, 11) is 1.51. The van der Waals surface area contributed by atoms with E-state index in [1.54, 1.807) is 17.0 Å². The van der Waals surface area contributed by atoms with Gasteiger partial charge in [-0.1, -0.05) is 0 Å². The SMILES string of the molecule is COc1cc(C(=O)N2CCC(C(=O)O)CC2)cc2c1OCCO2. The van der Waals surface area contributed by atoms with Crippen LogP contribution < -0.4 is 14.2 Å². The van der Waals surface area contributed by atoms with Crippen molar-refractivity contribution in [2.24, 2.45) is 5.92 Å². The molecule has 2 aliphatic rings. The maximum Gasteiger partial charge on any atom is 0.306 e. The molecule has 0 aliphatic carbocycles. The second-order valence-corrected chi connectivity index (χ2v) is 5.61. The average molecular weight is 321 g/mol. The minimum Gasteiger partial charge on any atom is -0.493 e. The van der Waals surface area contributed by atoms with Crippen molar-refractivity contribution in [3.8, 4) is 17.2 Å². The quantitative estimate of drug-likeness (QED) is 0.906. The molecule has 124 valence electrons. The summed E-state index contributed by atoms with van der Waals surface area (Å²) in [4.78, 5) is 25.3. The van der Waals surface area contributed by atoms with Crippen molar-refractivity contribution in [1.29, 1.82) is 0 Å². The Bertz CT molecular complexity index is 604. The molecule has 0 radical (unpaired) electrons. The summed E-state index contributed by atoms with van der Waals surface area (Å²) in [5.41, 5.74) is 0.458. The van der Waals surface area contributed by atoms with Gasteiger partial charge in [-0.05, 0) is 25.0 Å². The Morgan fingerprint density at radius 1 is 1.22 bits per heavy atom. The van der Waals surface area contributed by atoms with Gasteiger partial charge < -0.3 is 24.2 Å². The first-order valence-electron chi connectivity index (χ1n) is 7.60. The van der Waals surface area contributed by atoms with Gasteiger partial charge in [-0.15, -0.1) is 0 Å². The van der Waals surface area contributed by atoms with Crippen LogP contribution in [-0.2, 0) is 4.79 Å². The highest BCUT2D eigenvalue weighted by Gasteiger charge is 2.29. The first kappa shape index (κ1) is 15.5. The molecule has 2 heterocycles. The van der Waals surface area contributed by atoms with E-state index in [1.165, 1.54) is 7.11 Å². The van der Waals surface area contributed by atoms with Crippen molar-refractivity contribution >= 4 is 11.9 Å². The Kier molecular flexibility index (Phi) is 4.27. The van der Waals surface area contributed by atoms with E-state index in [9.17, 15) is 9.59 Å². The highest BCUT2D eigenvalue weighted by atomic mass is 16.6. The van der Waals surface area contributed by atoms with Gasteiger partial charge >= 0.3 is 5.97 Å². The summed E-state index contributed by atoms with van der Waals surface area (Å²) in [6.07, 6.45) is 0.950. The van der Waals surface area contributed by atoms with E-state index < -0.39 is 5.97 Å². The Balaban J connectivity index is 1.79. The number of likely N-dealkylation sites (tertiary alicyclic amines) is 1. The molecular weight excluding hydrogens is 302 g/mol. The average Bonchev–Trinajstić information content (AvgIpc) is 2.60. The summed E-state index contributed by atoms with van der Waals surface area (Å²) in [6, 6.07) is 3.29. The third-order valence-corrected chi connectivity index (χ3v) is 4.21. The number of nitrogens with zero attached hydrogens (tertiary/aromatic N) is 1. The van der Waals surface area contributed by atoms with Crippen LogP contribution >= 0.6 is 0 Å². The molecule has 2 aliphatic heterocycles. The van der Waals surface area contributed by atoms with Crippen molar-refractivity contribution in [2.75, 3.05) is 33.4 Å². The van der Waals surface area contributed by atoms with E-state index in [2.05, 4.69) is 0 Å². The monoisotopic (exact) mass is 321 g/mol. The Morgan fingerprint density at radius 3 is 2.57 bits per heavy atom. The van der Waals surface area contributed by atoms with Gasteiger partial charge in [0.25, 0.3) is 5.91 Å². The Morgan fingerprint density at radius 2 is 1.91 bits per heavy atom. The van der Waals surface area contributed by atoms with Crippen LogP contribution in [0.2, 0.25) is 0 Å². The smallest absolute Gasteiger partial charge is 0.306 e. The topological polar surface area (TPSA) is 85.3 Å². The predicted octanol–water partition coefficient (Wildman–Crippen LogP) is 1.40. The molecule has 1 aromatic rings. The number of piperidine rings is 1. The number of aliphatic carboxylic acids is 1. The molecule has 1 aromatic carbocycles. The number of carbonyl (C=O) groups is 2. The number of carboxylic acids is 1. The summed E-state index contributed by atoms with van der Waals surface area (Å²) < 4.78 is 16.4.